The first-order valence-electron chi connectivity index (χ1n) is 6.34. The fourth-order valence-corrected chi connectivity index (χ4v) is 2.00. The van der Waals surface area contributed by atoms with E-state index in [4.69, 9.17) is 9.84 Å². The van der Waals surface area contributed by atoms with Gasteiger partial charge in [-0.3, -0.25) is 4.79 Å². The number of aromatic carboxylic acids is 1. The molecular weight excluding hydrogens is 270 g/mol. The number of hydrogen-bond acceptors (Lipinski definition) is 3. The minimum absolute atomic E-state index is 0.0359. The van der Waals surface area contributed by atoms with Gasteiger partial charge in [-0.05, 0) is 17.7 Å². The third kappa shape index (κ3) is 3.46. The number of carbonyl (C=O) groups excluding carboxylic acids is 1. The van der Waals surface area contributed by atoms with Gasteiger partial charge in [0, 0.05) is 7.11 Å². The Labute approximate surface area is 122 Å². The Morgan fingerprint density at radius 3 is 2.29 bits per heavy atom. The van der Waals surface area contributed by atoms with E-state index in [0.717, 1.165) is 0 Å². The van der Waals surface area contributed by atoms with Crippen LogP contribution >= 0.6 is 0 Å². The minimum atomic E-state index is -1.10. The van der Waals surface area contributed by atoms with Gasteiger partial charge in [-0.25, -0.2) is 4.79 Å². The molecule has 108 valence electrons. The van der Waals surface area contributed by atoms with E-state index >= 15 is 0 Å². The fourth-order valence-electron chi connectivity index (χ4n) is 2.00. The lowest BCUT2D eigenvalue weighted by Crippen LogP contribution is -2.23. The normalized spacial score (nSPS) is 11.7. The predicted octanol–water partition coefficient (Wildman–Crippen LogP) is 2.71. The highest BCUT2D eigenvalue weighted by Crippen LogP contribution is 2.21. The molecular formula is C16H15NO4. The molecule has 2 rings (SSSR count). The van der Waals surface area contributed by atoms with Crippen molar-refractivity contribution in [1.82, 2.24) is 0 Å². The predicted molar refractivity (Wildman–Crippen MR) is 78.2 cm³/mol. The van der Waals surface area contributed by atoms with Crippen LogP contribution in [0.3, 0.4) is 0 Å². The number of anilines is 1. The first kappa shape index (κ1) is 14.7. The lowest BCUT2D eigenvalue weighted by atomic mass is 10.1. The number of rotatable bonds is 5. The molecule has 0 saturated carbocycles. The van der Waals surface area contributed by atoms with Crippen LogP contribution in [0.2, 0.25) is 0 Å². The number of carbonyl (C=O) groups is 2. The van der Waals surface area contributed by atoms with Crippen LogP contribution in [0.25, 0.3) is 0 Å². The maximum Gasteiger partial charge on any atom is 0.337 e. The average Bonchev–Trinajstić information content (AvgIpc) is 2.49. The molecule has 0 radical (unpaired) electrons. The highest BCUT2D eigenvalue weighted by atomic mass is 16.5. The third-order valence-corrected chi connectivity index (χ3v) is 2.99. The number of amides is 1. The summed E-state index contributed by atoms with van der Waals surface area (Å²) < 4.78 is 5.21. The van der Waals surface area contributed by atoms with E-state index in [9.17, 15) is 9.59 Å². The average molecular weight is 285 g/mol. The van der Waals surface area contributed by atoms with Crippen molar-refractivity contribution in [2.75, 3.05) is 12.4 Å². The molecule has 0 saturated heterocycles. The van der Waals surface area contributed by atoms with Gasteiger partial charge in [-0.2, -0.15) is 0 Å². The quantitative estimate of drug-likeness (QED) is 0.885. The van der Waals surface area contributed by atoms with Gasteiger partial charge < -0.3 is 15.2 Å². The van der Waals surface area contributed by atoms with E-state index in [1.165, 1.54) is 13.2 Å². The largest absolute Gasteiger partial charge is 0.478 e. The molecule has 5 nitrogen and oxygen atoms in total. The number of para-hydroxylation sites is 1. The first-order valence-corrected chi connectivity index (χ1v) is 6.34. The molecule has 0 aliphatic rings. The van der Waals surface area contributed by atoms with E-state index in [-0.39, 0.29) is 11.3 Å². The van der Waals surface area contributed by atoms with Gasteiger partial charge in [0.15, 0.2) is 6.10 Å². The van der Waals surface area contributed by atoms with E-state index in [1.54, 1.807) is 42.5 Å². The first-order chi connectivity index (χ1) is 10.1. The zero-order chi connectivity index (χ0) is 15.2. The highest BCUT2D eigenvalue weighted by Gasteiger charge is 2.21. The van der Waals surface area contributed by atoms with Crippen molar-refractivity contribution in [2.24, 2.45) is 0 Å². The summed E-state index contributed by atoms with van der Waals surface area (Å²) in [6, 6.07) is 15.2. The van der Waals surface area contributed by atoms with Crippen molar-refractivity contribution < 1.29 is 19.4 Å². The van der Waals surface area contributed by atoms with Gasteiger partial charge >= 0.3 is 5.97 Å². The Kier molecular flexibility index (Phi) is 4.68. The Balaban J connectivity index is 2.23. The monoisotopic (exact) mass is 285 g/mol. The fraction of sp³-hybridized carbons (Fsp3) is 0.125. The van der Waals surface area contributed by atoms with E-state index in [0.29, 0.717) is 5.56 Å². The summed E-state index contributed by atoms with van der Waals surface area (Å²) >= 11 is 0. The molecule has 0 aliphatic carbocycles. The van der Waals surface area contributed by atoms with Crippen molar-refractivity contribution in [1.29, 1.82) is 0 Å². The topological polar surface area (TPSA) is 75.6 Å². The van der Waals surface area contributed by atoms with Crippen molar-refractivity contribution in [2.45, 2.75) is 6.10 Å². The number of nitrogens with one attached hydrogen (secondary N) is 1. The molecule has 5 heteroatoms. The van der Waals surface area contributed by atoms with Crippen molar-refractivity contribution >= 4 is 17.6 Å². The van der Waals surface area contributed by atoms with Gasteiger partial charge in [0.25, 0.3) is 5.91 Å². The van der Waals surface area contributed by atoms with Crippen LogP contribution in [0.15, 0.2) is 54.6 Å². The lowest BCUT2D eigenvalue weighted by molar-refractivity contribution is -0.126. The molecule has 0 bridgehead atoms. The summed E-state index contributed by atoms with van der Waals surface area (Å²) in [4.78, 5) is 23.4. The second-order valence-electron chi connectivity index (χ2n) is 4.37. The molecule has 0 aromatic heterocycles. The Hall–Kier alpha value is -2.66. The summed E-state index contributed by atoms with van der Waals surface area (Å²) in [5.41, 5.74) is 0.979. The Morgan fingerprint density at radius 2 is 1.67 bits per heavy atom. The maximum absolute atomic E-state index is 12.3. The number of ether oxygens (including phenoxy) is 1. The van der Waals surface area contributed by atoms with Crippen LogP contribution < -0.4 is 5.32 Å². The molecule has 0 fully saturated rings. The van der Waals surface area contributed by atoms with E-state index in [1.807, 2.05) is 6.07 Å². The number of hydrogen-bond donors (Lipinski definition) is 2. The van der Waals surface area contributed by atoms with Gasteiger partial charge in [0.05, 0.1) is 11.3 Å². The SMILES string of the molecule is CO[C@H](C(=O)Nc1ccccc1C(=O)O)c1ccccc1. The second kappa shape index (κ2) is 6.67. The number of carboxylic acid groups (broad SMARTS) is 1. The molecule has 2 aromatic rings. The number of carboxylic acids is 1. The summed E-state index contributed by atoms with van der Waals surface area (Å²) in [7, 11) is 1.43. The highest BCUT2D eigenvalue weighted by molar-refractivity contribution is 6.02. The van der Waals surface area contributed by atoms with Crippen LogP contribution in [0, 0.1) is 0 Å². The number of methoxy groups -OCH3 is 1. The standard InChI is InChI=1S/C16H15NO4/c1-21-14(11-7-3-2-4-8-11)15(18)17-13-10-6-5-9-12(13)16(19)20/h2-10,14H,1H3,(H,17,18)(H,19,20)/t14-/m0/s1. The molecule has 0 aliphatic heterocycles. The molecule has 21 heavy (non-hydrogen) atoms. The van der Waals surface area contributed by atoms with E-state index < -0.39 is 18.0 Å². The molecule has 2 aromatic carbocycles. The smallest absolute Gasteiger partial charge is 0.337 e. The molecule has 0 unspecified atom stereocenters. The lowest BCUT2D eigenvalue weighted by Gasteiger charge is -2.16. The van der Waals surface area contributed by atoms with Gasteiger partial charge in [-0.15, -0.1) is 0 Å². The van der Waals surface area contributed by atoms with Crippen LogP contribution in [0.4, 0.5) is 5.69 Å². The third-order valence-electron chi connectivity index (χ3n) is 2.99. The Morgan fingerprint density at radius 1 is 1.05 bits per heavy atom. The van der Waals surface area contributed by atoms with Crippen LogP contribution in [0.1, 0.15) is 22.0 Å². The van der Waals surface area contributed by atoms with Crippen LogP contribution in [0.5, 0.6) is 0 Å². The summed E-state index contributed by atoms with van der Waals surface area (Å²) in [6.07, 6.45) is -0.798. The minimum Gasteiger partial charge on any atom is -0.478 e. The zero-order valence-electron chi connectivity index (χ0n) is 11.4. The van der Waals surface area contributed by atoms with E-state index in [2.05, 4.69) is 5.32 Å². The second-order valence-corrected chi connectivity index (χ2v) is 4.37. The van der Waals surface area contributed by atoms with Crippen molar-refractivity contribution in [3.63, 3.8) is 0 Å². The summed E-state index contributed by atoms with van der Waals surface area (Å²) in [6.45, 7) is 0. The van der Waals surface area contributed by atoms with Crippen molar-refractivity contribution in [3.8, 4) is 0 Å². The molecule has 0 heterocycles. The summed E-state index contributed by atoms with van der Waals surface area (Å²) in [5.74, 6) is -1.52. The Bertz CT molecular complexity index is 640. The summed E-state index contributed by atoms with van der Waals surface area (Å²) in [5, 5.41) is 11.7. The molecule has 1 atom stereocenters. The van der Waals surface area contributed by atoms with Gasteiger partial charge in [0.2, 0.25) is 0 Å². The van der Waals surface area contributed by atoms with Gasteiger partial charge in [0.1, 0.15) is 0 Å². The molecule has 2 N–H and O–H groups in total. The van der Waals surface area contributed by atoms with Crippen molar-refractivity contribution in [3.05, 3.63) is 65.7 Å². The zero-order valence-corrected chi connectivity index (χ0v) is 11.4. The number of benzene rings is 2. The molecule has 0 spiro atoms. The van der Waals surface area contributed by atoms with Crippen LogP contribution in [-0.4, -0.2) is 24.1 Å². The molecule has 1 amide bonds. The van der Waals surface area contributed by atoms with Gasteiger partial charge in [-0.1, -0.05) is 42.5 Å². The maximum atomic E-state index is 12.3. The van der Waals surface area contributed by atoms with Crippen LogP contribution in [-0.2, 0) is 9.53 Å².